The van der Waals surface area contributed by atoms with Crippen LogP contribution in [0.25, 0.3) is 0 Å². The van der Waals surface area contributed by atoms with Gasteiger partial charge in [0.2, 0.25) is 0 Å². The quantitative estimate of drug-likeness (QED) is 0.569. The first-order valence-corrected chi connectivity index (χ1v) is 5.51. The van der Waals surface area contributed by atoms with Crippen molar-refractivity contribution in [1.82, 2.24) is 0 Å². The molecule has 5 heteroatoms. The minimum atomic E-state index is -0.878. The molecule has 0 aromatic rings. The third-order valence-corrected chi connectivity index (χ3v) is 2.83. The minimum Gasteiger partial charge on any atom is -0.468 e. The molecule has 0 aromatic carbocycles. The van der Waals surface area contributed by atoms with Crippen LogP contribution in [-0.2, 0) is 19.1 Å². The molecule has 1 saturated carbocycles. The number of hydrogen-bond acceptors (Lipinski definition) is 5. The Labute approximate surface area is 94.7 Å². The summed E-state index contributed by atoms with van der Waals surface area (Å²) in [5.41, 5.74) is 0. The SMILES string of the molecule is COC(=O)C(C)C(=O)OC1CCC(O)CC1. The maximum atomic E-state index is 11.5. The van der Waals surface area contributed by atoms with E-state index >= 15 is 0 Å². The fourth-order valence-electron chi connectivity index (χ4n) is 1.70. The van der Waals surface area contributed by atoms with Crippen LogP contribution in [0.5, 0.6) is 0 Å². The summed E-state index contributed by atoms with van der Waals surface area (Å²) in [4.78, 5) is 22.6. The highest BCUT2D eigenvalue weighted by atomic mass is 16.6. The number of methoxy groups -OCH3 is 1. The van der Waals surface area contributed by atoms with Crippen molar-refractivity contribution in [2.75, 3.05) is 7.11 Å². The predicted octanol–water partition coefficient (Wildman–Crippen LogP) is 0.642. The molecule has 1 aliphatic rings. The average molecular weight is 230 g/mol. The van der Waals surface area contributed by atoms with Crippen LogP contribution in [0.1, 0.15) is 32.6 Å². The molecule has 0 spiro atoms. The van der Waals surface area contributed by atoms with Gasteiger partial charge in [-0.25, -0.2) is 0 Å². The highest BCUT2D eigenvalue weighted by molar-refractivity contribution is 5.94. The van der Waals surface area contributed by atoms with E-state index in [0.29, 0.717) is 25.7 Å². The Morgan fingerprint density at radius 3 is 2.25 bits per heavy atom. The van der Waals surface area contributed by atoms with E-state index in [0.717, 1.165) is 0 Å². The zero-order valence-corrected chi connectivity index (χ0v) is 9.64. The Balaban J connectivity index is 2.36. The Bertz CT molecular complexity index is 255. The molecule has 5 nitrogen and oxygen atoms in total. The number of rotatable bonds is 3. The van der Waals surface area contributed by atoms with Gasteiger partial charge in [-0.3, -0.25) is 9.59 Å². The van der Waals surface area contributed by atoms with E-state index < -0.39 is 17.9 Å². The van der Waals surface area contributed by atoms with Gasteiger partial charge in [-0.05, 0) is 32.6 Å². The molecule has 0 aliphatic heterocycles. The van der Waals surface area contributed by atoms with E-state index in [1.165, 1.54) is 14.0 Å². The lowest BCUT2D eigenvalue weighted by Crippen LogP contribution is -2.31. The van der Waals surface area contributed by atoms with Crippen LogP contribution in [0.3, 0.4) is 0 Å². The molecule has 0 aromatic heterocycles. The van der Waals surface area contributed by atoms with Gasteiger partial charge in [-0.1, -0.05) is 0 Å². The zero-order valence-electron chi connectivity index (χ0n) is 9.64. The number of hydrogen-bond donors (Lipinski definition) is 1. The van der Waals surface area contributed by atoms with E-state index in [2.05, 4.69) is 4.74 Å². The van der Waals surface area contributed by atoms with Gasteiger partial charge >= 0.3 is 11.9 Å². The standard InChI is InChI=1S/C11H18O5/c1-7(10(13)15-2)11(14)16-9-5-3-8(12)4-6-9/h7-9,12H,3-6H2,1-2H3. The second-order valence-corrected chi connectivity index (χ2v) is 4.11. The zero-order chi connectivity index (χ0) is 12.1. The number of ether oxygens (including phenoxy) is 2. The lowest BCUT2D eigenvalue weighted by atomic mass is 9.95. The third-order valence-electron chi connectivity index (χ3n) is 2.83. The van der Waals surface area contributed by atoms with Gasteiger partial charge in [-0.15, -0.1) is 0 Å². The predicted molar refractivity (Wildman–Crippen MR) is 55.5 cm³/mol. The van der Waals surface area contributed by atoms with Gasteiger partial charge in [0.25, 0.3) is 0 Å². The van der Waals surface area contributed by atoms with Gasteiger partial charge in [0.05, 0.1) is 13.2 Å². The van der Waals surface area contributed by atoms with Crippen molar-refractivity contribution >= 4 is 11.9 Å². The molecule has 1 N–H and O–H groups in total. The molecule has 0 bridgehead atoms. The molecule has 16 heavy (non-hydrogen) atoms. The second-order valence-electron chi connectivity index (χ2n) is 4.11. The summed E-state index contributed by atoms with van der Waals surface area (Å²) < 4.78 is 9.63. The van der Waals surface area contributed by atoms with E-state index in [-0.39, 0.29) is 12.2 Å². The van der Waals surface area contributed by atoms with Gasteiger partial charge in [0.15, 0.2) is 5.92 Å². The van der Waals surface area contributed by atoms with Crippen LogP contribution in [-0.4, -0.2) is 36.4 Å². The minimum absolute atomic E-state index is 0.178. The van der Waals surface area contributed by atoms with Crippen LogP contribution in [0.2, 0.25) is 0 Å². The van der Waals surface area contributed by atoms with Gasteiger partial charge in [-0.2, -0.15) is 0 Å². The maximum Gasteiger partial charge on any atom is 0.320 e. The first kappa shape index (κ1) is 13.0. The summed E-state index contributed by atoms with van der Waals surface area (Å²) in [6.45, 7) is 1.46. The summed E-state index contributed by atoms with van der Waals surface area (Å²) >= 11 is 0. The molecule has 0 heterocycles. The van der Waals surface area contributed by atoms with Crippen LogP contribution in [0.4, 0.5) is 0 Å². The summed E-state index contributed by atoms with van der Waals surface area (Å²) in [7, 11) is 1.24. The van der Waals surface area contributed by atoms with Crippen LogP contribution in [0.15, 0.2) is 0 Å². The first-order chi connectivity index (χ1) is 7.54. The summed E-state index contributed by atoms with van der Waals surface area (Å²) in [6, 6.07) is 0. The molecule has 0 amide bonds. The largest absolute Gasteiger partial charge is 0.468 e. The molecule has 1 rings (SSSR count). The summed E-state index contributed by atoms with van der Waals surface area (Å²) in [6.07, 6.45) is 2.13. The number of carbonyl (C=O) groups is 2. The molecule has 1 aliphatic carbocycles. The van der Waals surface area contributed by atoms with E-state index in [9.17, 15) is 14.7 Å². The molecule has 1 fully saturated rings. The fourth-order valence-corrected chi connectivity index (χ4v) is 1.70. The molecular weight excluding hydrogens is 212 g/mol. The Morgan fingerprint density at radius 1 is 1.19 bits per heavy atom. The van der Waals surface area contributed by atoms with Gasteiger partial charge in [0.1, 0.15) is 6.10 Å². The van der Waals surface area contributed by atoms with Crippen LogP contribution < -0.4 is 0 Å². The van der Waals surface area contributed by atoms with E-state index in [1.54, 1.807) is 0 Å². The molecule has 0 radical (unpaired) electrons. The number of carbonyl (C=O) groups excluding carboxylic acids is 2. The average Bonchev–Trinajstić information content (AvgIpc) is 2.30. The topological polar surface area (TPSA) is 72.8 Å². The van der Waals surface area contributed by atoms with Crippen molar-refractivity contribution in [1.29, 1.82) is 0 Å². The van der Waals surface area contributed by atoms with Crippen molar-refractivity contribution in [3.05, 3.63) is 0 Å². The fraction of sp³-hybridized carbons (Fsp3) is 0.818. The van der Waals surface area contributed by atoms with Crippen LogP contribution in [0, 0.1) is 5.92 Å². The molecule has 1 atom stereocenters. The van der Waals surface area contributed by atoms with Gasteiger partial charge < -0.3 is 14.6 Å². The maximum absolute atomic E-state index is 11.5. The van der Waals surface area contributed by atoms with Crippen molar-refractivity contribution < 1.29 is 24.2 Å². The van der Waals surface area contributed by atoms with Crippen molar-refractivity contribution in [2.45, 2.75) is 44.8 Å². The monoisotopic (exact) mass is 230 g/mol. The van der Waals surface area contributed by atoms with Crippen molar-refractivity contribution in [2.24, 2.45) is 5.92 Å². The smallest absolute Gasteiger partial charge is 0.320 e. The lowest BCUT2D eigenvalue weighted by molar-refractivity contribution is -0.164. The number of esters is 2. The first-order valence-electron chi connectivity index (χ1n) is 5.51. The Morgan fingerprint density at radius 2 is 1.75 bits per heavy atom. The van der Waals surface area contributed by atoms with Crippen molar-refractivity contribution in [3.8, 4) is 0 Å². The van der Waals surface area contributed by atoms with Crippen molar-refractivity contribution in [3.63, 3.8) is 0 Å². The summed E-state index contributed by atoms with van der Waals surface area (Å²) in [5, 5.41) is 9.28. The third kappa shape index (κ3) is 3.48. The Hall–Kier alpha value is -1.10. The lowest BCUT2D eigenvalue weighted by Gasteiger charge is -2.25. The highest BCUT2D eigenvalue weighted by Gasteiger charge is 2.28. The second kappa shape index (κ2) is 5.84. The summed E-state index contributed by atoms with van der Waals surface area (Å²) in [5.74, 6) is -2.01. The molecular formula is C11H18O5. The number of aliphatic hydroxyl groups is 1. The molecule has 92 valence electrons. The van der Waals surface area contributed by atoms with Gasteiger partial charge in [0, 0.05) is 0 Å². The Kier molecular flexibility index (Phi) is 4.73. The van der Waals surface area contributed by atoms with E-state index in [4.69, 9.17) is 4.74 Å². The van der Waals surface area contributed by atoms with Crippen LogP contribution >= 0.6 is 0 Å². The van der Waals surface area contributed by atoms with E-state index in [1.807, 2.05) is 0 Å². The normalized spacial score (nSPS) is 26.9. The number of aliphatic hydroxyl groups excluding tert-OH is 1. The highest BCUT2D eigenvalue weighted by Crippen LogP contribution is 2.22. The molecule has 1 unspecified atom stereocenters. The molecule has 0 saturated heterocycles.